The first-order valence-electron chi connectivity index (χ1n) is 3.10. The van der Waals surface area contributed by atoms with E-state index in [0.29, 0.717) is 6.42 Å². The Morgan fingerprint density at radius 1 is 1.45 bits per heavy atom. The van der Waals surface area contributed by atoms with Crippen LogP contribution >= 0.6 is 0 Å². The van der Waals surface area contributed by atoms with E-state index in [1.54, 1.807) is 6.92 Å². The maximum Gasteiger partial charge on any atom is 0.381 e. The van der Waals surface area contributed by atoms with Crippen molar-refractivity contribution >= 4 is 11.9 Å². The van der Waals surface area contributed by atoms with Crippen molar-refractivity contribution in [2.75, 3.05) is 0 Å². The van der Waals surface area contributed by atoms with Crippen LogP contribution in [0.2, 0.25) is 0 Å². The number of carbonyl (C=O) groups excluding carboxylic acids is 2. The third-order valence-corrected chi connectivity index (χ3v) is 0.847. The molecular weight excluding hydrogens is 158 g/mol. The molecule has 0 fully saturated rings. The second-order valence-electron chi connectivity index (χ2n) is 1.84. The molecule has 0 saturated heterocycles. The number of alkyl halides is 2. The Balaban J connectivity index is 3.67. The predicted octanol–water partition coefficient (Wildman–Crippen LogP) is 1.12. The van der Waals surface area contributed by atoms with Gasteiger partial charge in [0.25, 0.3) is 0 Å². The summed E-state index contributed by atoms with van der Waals surface area (Å²) in [6.07, 6.45) is -2.77. The largest absolute Gasteiger partial charge is 0.389 e. The maximum absolute atomic E-state index is 11.4. The van der Waals surface area contributed by atoms with Crippen molar-refractivity contribution in [3.63, 3.8) is 0 Å². The molecule has 0 aromatic heterocycles. The van der Waals surface area contributed by atoms with Crippen molar-refractivity contribution in [1.82, 2.24) is 0 Å². The van der Waals surface area contributed by atoms with Crippen LogP contribution in [-0.4, -0.2) is 18.4 Å². The molecule has 64 valence electrons. The van der Waals surface area contributed by atoms with Gasteiger partial charge in [-0.1, -0.05) is 6.92 Å². The monoisotopic (exact) mass is 166 g/mol. The Labute approximate surface area is 62.3 Å². The van der Waals surface area contributed by atoms with Crippen LogP contribution in [0.4, 0.5) is 8.78 Å². The van der Waals surface area contributed by atoms with Crippen LogP contribution < -0.4 is 0 Å². The number of hydrogen-bond acceptors (Lipinski definition) is 3. The molecule has 0 rings (SSSR count). The first-order valence-corrected chi connectivity index (χ1v) is 3.10. The van der Waals surface area contributed by atoms with E-state index in [2.05, 4.69) is 4.74 Å². The zero-order chi connectivity index (χ0) is 8.85. The lowest BCUT2D eigenvalue weighted by molar-refractivity contribution is -0.167. The molecule has 0 aliphatic heterocycles. The normalized spacial score (nSPS) is 9.82. The van der Waals surface area contributed by atoms with Crippen molar-refractivity contribution in [3.8, 4) is 0 Å². The molecule has 0 aromatic rings. The Morgan fingerprint density at radius 2 is 2.00 bits per heavy atom. The summed E-state index contributed by atoms with van der Waals surface area (Å²) in [7, 11) is 0. The molecule has 0 N–H and O–H groups in total. The first-order chi connectivity index (χ1) is 5.07. The van der Waals surface area contributed by atoms with Gasteiger partial charge in [0.15, 0.2) is 0 Å². The molecule has 0 aliphatic carbocycles. The number of esters is 2. The van der Waals surface area contributed by atoms with E-state index >= 15 is 0 Å². The lowest BCUT2D eigenvalue weighted by Crippen LogP contribution is -2.18. The van der Waals surface area contributed by atoms with Gasteiger partial charge >= 0.3 is 18.4 Å². The summed E-state index contributed by atoms with van der Waals surface area (Å²) in [5.41, 5.74) is 0. The van der Waals surface area contributed by atoms with E-state index in [-0.39, 0.29) is 6.42 Å². The quantitative estimate of drug-likeness (QED) is 0.466. The Kier molecular flexibility index (Phi) is 4.33. The van der Waals surface area contributed by atoms with Gasteiger partial charge < -0.3 is 4.74 Å². The van der Waals surface area contributed by atoms with E-state index < -0.39 is 18.4 Å². The summed E-state index contributed by atoms with van der Waals surface area (Å²) in [5.74, 6) is -2.68. The van der Waals surface area contributed by atoms with Crippen LogP contribution in [0, 0.1) is 0 Å². The third-order valence-electron chi connectivity index (χ3n) is 0.847. The van der Waals surface area contributed by atoms with Crippen molar-refractivity contribution in [2.45, 2.75) is 26.2 Å². The van der Waals surface area contributed by atoms with Gasteiger partial charge in [0.2, 0.25) is 0 Å². The van der Waals surface area contributed by atoms with Crippen LogP contribution in [0.1, 0.15) is 19.8 Å². The standard InChI is InChI=1S/C6H8F2O3/c1-2-3-4(9)11-6(10)5(7)8/h5H,2-3H2,1H3. The van der Waals surface area contributed by atoms with E-state index in [9.17, 15) is 18.4 Å². The minimum absolute atomic E-state index is 0.0154. The van der Waals surface area contributed by atoms with Gasteiger partial charge in [0, 0.05) is 6.42 Å². The second kappa shape index (κ2) is 4.76. The van der Waals surface area contributed by atoms with Crippen molar-refractivity contribution in [2.24, 2.45) is 0 Å². The van der Waals surface area contributed by atoms with Gasteiger partial charge in [0.1, 0.15) is 0 Å². The zero-order valence-electron chi connectivity index (χ0n) is 5.97. The average molecular weight is 166 g/mol. The van der Waals surface area contributed by atoms with E-state index in [4.69, 9.17) is 0 Å². The average Bonchev–Trinajstić information content (AvgIpc) is 1.87. The molecule has 11 heavy (non-hydrogen) atoms. The van der Waals surface area contributed by atoms with Gasteiger partial charge in [0.05, 0.1) is 0 Å². The van der Waals surface area contributed by atoms with E-state index in [0.717, 1.165) is 0 Å². The molecule has 0 atom stereocenters. The lowest BCUT2D eigenvalue weighted by atomic mass is 10.3. The number of carbonyl (C=O) groups is 2. The summed E-state index contributed by atoms with van der Waals surface area (Å²) >= 11 is 0. The predicted molar refractivity (Wildman–Crippen MR) is 32.0 cm³/mol. The van der Waals surface area contributed by atoms with Gasteiger partial charge in [-0.2, -0.15) is 8.78 Å². The molecular formula is C6H8F2O3. The maximum atomic E-state index is 11.4. The lowest BCUT2D eigenvalue weighted by Gasteiger charge is -1.98. The Hall–Kier alpha value is -1.00. The zero-order valence-corrected chi connectivity index (χ0v) is 5.97. The van der Waals surface area contributed by atoms with Crippen LogP contribution in [0.5, 0.6) is 0 Å². The highest BCUT2D eigenvalue weighted by Gasteiger charge is 2.19. The molecule has 0 aliphatic rings. The SMILES string of the molecule is CCCC(=O)OC(=O)C(F)F. The highest BCUT2D eigenvalue weighted by Crippen LogP contribution is 1.98. The summed E-state index contributed by atoms with van der Waals surface area (Å²) in [6, 6.07) is 0. The van der Waals surface area contributed by atoms with Crippen LogP contribution in [0.15, 0.2) is 0 Å². The van der Waals surface area contributed by atoms with Gasteiger partial charge in [-0.05, 0) is 6.42 Å². The van der Waals surface area contributed by atoms with Crippen molar-refractivity contribution in [1.29, 1.82) is 0 Å². The number of rotatable bonds is 3. The molecule has 0 amide bonds. The molecule has 0 radical (unpaired) electrons. The van der Waals surface area contributed by atoms with E-state index in [1.807, 2.05) is 0 Å². The molecule has 0 aromatic carbocycles. The van der Waals surface area contributed by atoms with Crippen molar-refractivity contribution in [3.05, 3.63) is 0 Å². The molecule has 5 heteroatoms. The van der Waals surface area contributed by atoms with Crippen molar-refractivity contribution < 1.29 is 23.1 Å². The highest BCUT2D eigenvalue weighted by molar-refractivity contribution is 5.86. The topological polar surface area (TPSA) is 43.4 Å². The fourth-order valence-electron chi connectivity index (χ4n) is 0.412. The smallest absolute Gasteiger partial charge is 0.381 e. The fourth-order valence-corrected chi connectivity index (χ4v) is 0.412. The Morgan fingerprint density at radius 3 is 2.36 bits per heavy atom. The third kappa shape index (κ3) is 4.41. The van der Waals surface area contributed by atoms with Gasteiger partial charge in [-0.25, -0.2) is 4.79 Å². The molecule has 3 nitrogen and oxygen atoms in total. The molecule has 0 bridgehead atoms. The first kappa shape index (κ1) is 10.0. The summed E-state index contributed by atoms with van der Waals surface area (Å²) < 4.78 is 26.5. The van der Waals surface area contributed by atoms with Crippen LogP contribution in [0.25, 0.3) is 0 Å². The fraction of sp³-hybridized carbons (Fsp3) is 0.667. The molecule has 0 saturated carbocycles. The van der Waals surface area contributed by atoms with E-state index in [1.165, 1.54) is 0 Å². The summed E-state index contributed by atoms with van der Waals surface area (Å²) in [4.78, 5) is 20.4. The second-order valence-corrected chi connectivity index (χ2v) is 1.84. The van der Waals surface area contributed by atoms with Gasteiger partial charge in [-0.3, -0.25) is 4.79 Å². The number of halogens is 2. The summed E-state index contributed by atoms with van der Waals surface area (Å²) in [6.45, 7) is 1.67. The number of hydrogen-bond donors (Lipinski definition) is 0. The highest BCUT2D eigenvalue weighted by atomic mass is 19.3. The molecule has 0 spiro atoms. The molecule has 0 unspecified atom stereocenters. The minimum Gasteiger partial charge on any atom is -0.389 e. The molecule has 0 heterocycles. The Bertz CT molecular complexity index is 156. The number of ether oxygens (including phenoxy) is 1. The van der Waals surface area contributed by atoms with Crippen LogP contribution in [0.3, 0.4) is 0 Å². The van der Waals surface area contributed by atoms with Crippen LogP contribution in [-0.2, 0) is 14.3 Å². The van der Waals surface area contributed by atoms with Gasteiger partial charge in [-0.15, -0.1) is 0 Å². The summed E-state index contributed by atoms with van der Waals surface area (Å²) in [5, 5.41) is 0. The minimum atomic E-state index is -3.23.